The molecule has 0 amide bonds. The molecule has 0 spiro atoms. The number of piperazine rings is 1. The molecule has 1 aliphatic carbocycles. The Morgan fingerprint density at radius 2 is 1.57 bits per heavy atom. The van der Waals surface area contributed by atoms with Crippen molar-refractivity contribution in [2.75, 3.05) is 45.8 Å². The molecule has 1 saturated carbocycles. The lowest BCUT2D eigenvalue weighted by atomic mass is 9.86. The Morgan fingerprint density at radius 1 is 0.810 bits per heavy atom. The molecule has 0 aromatic rings. The van der Waals surface area contributed by atoms with Crippen molar-refractivity contribution in [3.63, 3.8) is 0 Å². The molecule has 120 valence electrons. The SMILES string of the molecule is NCC1(N2CCN(C3CCCC3)CC2)CCN2CCCC21. The van der Waals surface area contributed by atoms with Crippen molar-refractivity contribution < 1.29 is 0 Å². The molecule has 4 heteroatoms. The highest BCUT2D eigenvalue weighted by molar-refractivity contribution is 5.10. The van der Waals surface area contributed by atoms with Crippen LogP contribution in [0.4, 0.5) is 0 Å². The van der Waals surface area contributed by atoms with E-state index in [1.54, 1.807) is 0 Å². The van der Waals surface area contributed by atoms with Crippen LogP contribution >= 0.6 is 0 Å². The number of hydrogen-bond acceptors (Lipinski definition) is 4. The lowest BCUT2D eigenvalue weighted by molar-refractivity contribution is 0.00747. The first-order valence-corrected chi connectivity index (χ1v) is 9.27. The molecule has 3 heterocycles. The van der Waals surface area contributed by atoms with Crippen molar-refractivity contribution in [1.82, 2.24) is 14.7 Å². The number of nitrogens with zero attached hydrogens (tertiary/aromatic N) is 3. The summed E-state index contributed by atoms with van der Waals surface area (Å²) in [5, 5.41) is 0. The van der Waals surface area contributed by atoms with Crippen LogP contribution in [0.25, 0.3) is 0 Å². The van der Waals surface area contributed by atoms with Gasteiger partial charge < -0.3 is 5.73 Å². The van der Waals surface area contributed by atoms with Gasteiger partial charge in [-0.2, -0.15) is 0 Å². The van der Waals surface area contributed by atoms with E-state index in [2.05, 4.69) is 14.7 Å². The largest absolute Gasteiger partial charge is 0.329 e. The predicted molar refractivity (Wildman–Crippen MR) is 86.4 cm³/mol. The molecule has 3 aliphatic heterocycles. The van der Waals surface area contributed by atoms with Gasteiger partial charge in [-0.1, -0.05) is 12.8 Å². The van der Waals surface area contributed by atoms with Gasteiger partial charge in [0.05, 0.1) is 0 Å². The first-order chi connectivity index (χ1) is 10.3. The molecule has 4 nitrogen and oxygen atoms in total. The zero-order valence-electron chi connectivity index (χ0n) is 13.5. The van der Waals surface area contributed by atoms with E-state index in [0.29, 0.717) is 5.54 Å². The summed E-state index contributed by atoms with van der Waals surface area (Å²) in [5.74, 6) is 0. The van der Waals surface area contributed by atoms with Crippen LogP contribution in [0, 0.1) is 0 Å². The topological polar surface area (TPSA) is 35.7 Å². The maximum absolute atomic E-state index is 6.33. The Labute approximate surface area is 129 Å². The third-order valence-corrected chi connectivity index (χ3v) is 6.95. The summed E-state index contributed by atoms with van der Waals surface area (Å²) in [6.07, 6.45) is 9.85. The maximum Gasteiger partial charge on any atom is 0.0499 e. The van der Waals surface area contributed by atoms with Gasteiger partial charge in [0.2, 0.25) is 0 Å². The van der Waals surface area contributed by atoms with Crippen LogP contribution in [-0.2, 0) is 0 Å². The van der Waals surface area contributed by atoms with Gasteiger partial charge in [-0.05, 0) is 38.6 Å². The smallest absolute Gasteiger partial charge is 0.0499 e. The standard InChI is InChI=1S/C17H32N4/c18-14-17(7-9-20-8-3-6-16(17)20)21-12-10-19(11-13-21)15-4-1-2-5-15/h15-16H,1-14,18H2. The van der Waals surface area contributed by atoms with Gasteiger partial charge >= 0.3 is 0 Å². The number of fused-ring (bicyclic) bond motifs is 1. The van der Waals surface area contributed by atoms with Gasteiger partial charge in [0.15, 0.2) is 0 Å². The van der Waals surface area contributed by atoms with E-state index in [1.165, 1.54) is 84.2 Å². The second-order valence-electron chi connectivity index (χ2n) is 7.71. The van der Waals surface area contributed by atoms with Crippen molar-refractivity contribution >= 4 is 0 Å². The van der Waals surface area contributed by atoms with E-state index in [4.69, 9.17) is 5.73 Å². The lowest BCUT2D eigenvalue weighted by Gasteiger charge is -2.49. The molecule has 0 bridgehead atoms. The van der Waals surface area contributed by atoms with Crippen molar-refractivity contribution in [2.24, 2.45) is 5.73 Å². The number of nitrogens with two attached hydrogens (primary N) is 1. The van der Waals surface area contributed by atoms with Crippen LogP contribution in [-0.4, -0.2) is 78.1 Å². The van der Waals surface area contributed by atoms with Gasteiger partial charge in [0, 0.05) is 56.9 Å². The summed E-state index contributed by atoms with van der Waals surface area (Å²) in [5.41, 5.74) is 6.63. The van der Waals surface area contributed by atoms with Gasteiger partial charge in [-0.25, -0.2) is 0 Å². The van der Waals surface area contributed by atoms with Crippen LogP contribution in [0.5, 0.6) is 0 Å². The molecule has 2 atom stereocenters. The molecular formula is C17H32N4. The second kappa shape index (κ2) is 5.80. The van der Waals surface area contributed by atoms with Crippen LogP contribution in [0.2, 0.25) is 0 Å². The Kier molecular flexibility index (Phi) is 3.99. The minimum absolute atomic E-state index is 0.304. The minimum Gasteiger partial charge on any atom is -0.329 e. The summed E-state index contributed by atoms with van der Waals surface area (Å²) in [6.45, 7) is 8.51. The molecule has 4 rings (SSSR count). The van der Waals surface area contributed by atoms with E-state index in [1.807, 2.05) is 0 Å². The fourth-order valence-corrected chi connectivity index (χ4v) is 5.74. The van der Waals surface area contributed by atoms with E-state index >= 15 is 0 Å². The summed E-state index contributed by atoms with van der Waals surface area (Å²) < 4.78 is 0. The van der Waals surface area contributed by atoms with E-state index in [9.17, 15) is 0 Å². The van der Waals surface area contributed by atoms with Crippen molar-refractivity contribution in [3.8, 4) is 0 Å². The molecule has 4 fully saturated rings. The lowest BCUT2D eigenvalue weighted by Crippen LogP contribution is -2.64. The molecule has 21 heavy (non-hydrogen) atoms. The third-order valence-electron chi connectivity index (χ3n) is 6.95. The quantitative estimate of drug-likeness (QED) is 0.845. The number of rotatable bonds is 3. The molecular weight excluding hydrogens is 260 g/mol. The molecule has 0 radical (unpaired) electrons. The summed E-state index contributed by atoms with van der Waals surface area (Å²) in [4.78, 5) is 8.28. The first kappa shape index (κ1) is 14.4. The average Bonchev–Trinajstić information content (AvgIpc) is 3.25. The molecule has 0 aromatic heterocycles. The van der Waals surface area contributed by atoms with Gasteiger partial charge in [-0.3, -0.25) is 14.7 Å². The fourth-order valence-electron chi connectivity index (χ4n) is 5.74. The van der Waals surface area contributed by atoms with Crippen molar-refractivity contribution in [3.05, 3.63) is 0 Å². The average molecular weight is 292 g/mol. The summed E-state index contributed by atoms with van der Waals surface area (Å²) >= 11 is 0. The molecule has 4 aliphatic rings. The van der Waals surface area contributed by atoms with E-state index in [0.717, 1.165) is 18.6 Å². The molecule has 2 unspecified atom stereocenters. The Balaban J connectivity index is 1.42. The fraction of sp³-hybridized carbons (Fsp3) is 1.00. The van der Waals surface area contributed by atoms with E-state index in [-0.39, 0.29) is 0 Å². The van der Waals surface area contributed by atoms with Crippen LogP contribution in [0.3, 0.4) is 0 Å². The zero-order chi connectivity index (χ0) is 14.3. The summed E-state index contributed by atoms with van der Waals surface area (Å²) in [6, 6.07) is 1.65. The van der Waals surface area contributed by atoms with Crippen LogP contribution in [0.1, 0.15) is 44.9 Å². The minimum atomic E-state index is 0.304. The van der Waals surface area contributed by atoms with E-state index < -0.39 is 0 Å². The zero-order valence-corrected chi connectivity index (χ0v) is 13.5. The van der Waals surface area contributed by atoms with Crippen molar-refractivity contribution in [2.45, 2.75) is 62.6 Å². The second-order valence-corrected chi connectivity index (χ2v) is 7.71. The molecule has 3 saturated heterocycles. The monoisotopic (exact) mass is 292 g/mol. The summed E-state index contributed by atoms with van der Waals surface area (Å²) in [7, 11) is 0. The highest BCUT2D eigenvalue weighted by Gasteiger charge is 2.52. The van der Waals surface area contributed by atoms with Crippen molar-refractivity contribution in [1.29, 1.82) is 0 Å². The van der Waals surface area contributed by atoms with Gasteiger partial charge in [-0.15, -0.1) is 0 Å². The Bertz CT molecular complexity index is 360. The Morgan fingerprint density at radius 3 is 2.29 bits per heavy atom. The van der Waals surface area contributed by atoms with Crippen LogP contribution in [0.15, 0.2) is 0 Å². The van der Waals surface area contributed by atoms with Gasteiger partial charge in [0.1, 0.15) is 0 Å². The normalized spacial score (nSPS) is 40.1. The molecule has 0 aromatic carbocycles. The molecule has 2 N–H and O–H groups in total. The highest BCUT2D eigenvalue weighted by atomic mass is 15.4. The predicted octanol–water partition coefficient (Wildman–Crippen LogP) is 1.11. The van der Waals surface area contributed by atoms with Gasteiger partial charge in [0.25, 0.3) is 0 Å². The maximum atomic E-state index is 6.33. The highest BCUT2D eigenvalue weighted by Crippen LogP contribution is 2.40. The van der Waals surface area contributed by atoms with Crippen LogP contribution < -0.4 is 5.73 Å². The Hall–Kier alpha value is -0.160. The first-order valence-electron chi connectivity index (χ1n) is 9.27. The third kappa shape index (κ3) is 2.35. The number of hydrogen-bond donors (Lipinski definition) is 1.